The van der Waals surface area contributed by atoms with Gasteiger partial charge >= 0.3 is 11.9 Å². The second-order valence-electron chi connectivity index (χ2n) is 3.08. The van der Waals surface area contributed by atoms with E-state index in [2.05, 4.69) is 20.2 Å². The van der Waals surface area contributed by atoms with Crippen LogP contribution in [0, 0.1) is 0 Å². The molecule has 0 radical (unpaired) electrons. The third-order valence-electron chi connectivity index (χ3n) is 1.85. The third-order valence-corrected chi connectivity index (χ3v) is 2.57. The van der Waals surface area contributed by atoms with Crippen molar-refractivity contribution in [3.05, 3.63) is 18.2 Å². The molecule has 0 spiro atoms. The highest BCUT2D eigenvalue weighted by atomic mass is 32.2. The zero-order valence-corrected chi connectivity index (χ0v) is 11.0. The Hall–Kier alpha value is -2.16. The predicted molar refractivity (Wildman–Crippen MR) is 63.0 cm³/mol. The number of hydrogen-bond donors (Lipinski definition) is 0. The number of carbonyl (C=O) groups excluding carboxylic acids is 1. The predicted octanol–water partition coefficient (Wildman–Crippen LogP) is 1.20. The van der Waals surface area contributed by atoms with Crippen LogP contribution in [0.2, 0.25) is 0 Å². The van der Waals surface area contributed by atoms with Crippen molar-refractivity contribution in [2.24, 2.45) is 0 Å². The first-order chi connectivity index (χ1) is 9.22. The van der Waals surface area contributed by atoms with Crippen molar-refractivity contribution in [1.29, 1.82) is 0 Å². The molecule has 0 saturated carbocycles. The highest BCUT2D eigenvalue weighted by molar-refractivity contribution is 7.98. The van der Waals surface area contributed by atoms with Gasteiger partial charge in [-0.25, -0.2) is 9.78 Å². The molecular formula is C10H10N4O4S. The lowest BCUT2D eigenvalue weighted by Gasteiger charge is -1.98. The second-order valence-corrected chi connectivity index (χ2v) is 4.00. The van der Waals surface area contributed by atoms with Crippen LogP contribution in [0.5, 0.6) is 5.88 Å². The van der Waals surface area contributed by atoms with E-state index in [0.29, 0.717) is 11.0 Å². The molecule has 8 nitrogen and oxygen atoms in total. The molecule has 2 rings (SSSR count). The smallest absolute Gasteiger partial charge is 0.396 e. The monoisotopic (exact) mass is 282 g/mol. The average Bonchev–Trinajstić information content (AvgIpc) is 2.88. The van der Waals surface area contributed by atoms with E-state index in [-0.39, 0.29) is 17.7 Å². The van der Waals surface area contributed by atoms with E-state index in [1.807, 2.05) is 0 Å². The van der Waals surface area contributed by atoms with Gasteiger partial charge in [0.25, 0.3) is 5.22 Å². The Morgan fingerprint density at radius 1 is 1.47 bits per heavy atom. The van der Waals surface area contributed by atoms with E-state index < -0.39 is 5.97 Å². The topological polar surface area (TPSA) is 100 Å². The Balaban J connectivity index is 2.09. The van der Waals surface area contributed by atoms with Crippen LogP contribution in [-0.2, 0) is 4.74 Å². The first-order valence-electron chi connectivity index (χ1n) is 5.28. The van der Waals surface area contributed by atoms with Crippen LogP contribution in [0.4, 0.5) is 0 Å². The molecule has 0 amide bonds. The van der Waals surface area contributed by atoms with Crippen LogP contribution in [0.15, 0.2) is 27.1 Å². The fourth-order valence-electron chi connectivity index (χ4n) is 1.09. The Kier molecular flexibility index (Phi) is 4.29. The van der Waals surface area contributed by atoms with Crippen LogP contribution in [0.3, 0.4) is 0 Å². The fraction of sp³-hybridized carbons (Fsp3) is 0.300. The summed E-state index contributed by atoms with van der Waals surface area (Å²) in [7, 11) is 1.50. The molecule has 0 N–H and O–H groups in total. The second kappa shape index (κ2) is 6.14. The summed E-state index contributed by atoms with van der Waals surface area (Å²) in [6.45, 7) is 1.93. The van der Waals surface area contributed by atoms with Crippen molar-refractivity contribution in [1.82, 2.24) is 20.2 Å². The summed E-state index contributed by atoms with van der Waals surface area (Å²) in [4.78, 5) is 19.4. The SMILES string of the molecule is CCOC(=O)c1nnc(Sc2nccc(OC)n2)o1. The van der Waals surface area contributed by atoms with Crippen LogP contribution in [0.1, 0.15) is 17.6 Å². The number of esters is 1. The molecular weight excluding hydrogens is 272 g/mol. The molecule has 9 heteroatoms. The van der Waals surface area contributed by atoms with Gasteiger partial charge in [-0.05, 0) is 6.92 Å². The lowest BCUT2D eigenvalue weighted by molar-refractivity contribution is 0.0475. The molecule has 0 unspecified atom stereocenters. The minimum Gasteiger partial charge on any atom is -0.481 e. The molecule has 0 aromatic carbocycles. The number of carbonyl (C=O) groups is 1. The lowest BCUT2D eigenvalue weighted by Crippen LogP contribution is -2.04. The van der Waals surface area contributed by atoms with E-state index in [9.17, 15) is 4.79 Å². The van der Waals surface area contributed by atoms with E-state index in [1.165, 1.54) is 13.3 Å². The minimum atomic E-state index is -0.659. The first kappa shape index (κ1) is 13.3. The maximum absolute atomic E-state index is 11.3. The summed E-state index contributed by atoms with van der Waals surface area (Å²) < 4.78 is 14.8. The Labute approximate surface area is 112 Å². The number of rotatable bonds is 5. The van der Waals surface area contributed by atoms with Gasteiger partial charge in [-0.1, -0.05) is 5.10 Å². The molecule has 0 fully saturated rings. The summed E-state index contributed by atoms with van der Waals surface area (Å²) >= 11 is 1.02. The Morgan fingerprint density at radius 3 is 3.05 bits per heavy atom. The lowest BCUT2D eigenvalue weighted by atomic mass is 10.6. The van der Waals surface area contributed by atoms with Crippen molar-refractivity contribution >= 4 is 17.7 Å². The van der Waals surface area contributed by atoms with Crippen LogP contribution >= 0.6 is 11.8 Å². The number of aromatic nitrogens is 4. The van der Waals surface area contributed by atoms with E-state index in [0.717, 1.165) is 11.8 Å². The fourth-order valence-corrected chi connectivity index (χ4v) is 1.70. The summed E-state index contributed by atoms with van der Waals surface area (Å²) in [5, 5.41) is 7.79. The molecule has 0 atom stereocenters. The minimum absolute atomic E-state index is 0.149. The zero-order valence-electron chi connectivity index (χ0n) is 10.2. The van der Waals surface area contributed by atoms with E-state index in [4.69, 9.17) is 13.9 Å². The molecule has 2 aromatic rings. The van der Waals surface area contributed by atoms with Crippen molar-refractivity contribution in [3.8, 4) is 5.88 Å². The van der Waals surface area contributed by atoms with Crippen molar-refractivity contribution in [3.63, 3.8) is 0 Å². The van der Waals surface area contributed by atoms with Crippen LogP contribution < -0.4 is 4.74 Å². The highest BCUT2D eigenvalue weighted by Gasteiger charge is 2.17. The standard InChI is InChI=1S/C10H10N4O4S/c1-3-17-8(15)7-13-14-10(18-7)19-9-11-5-4-6(12-9)16-2/h4-5H,3H2,1-2H3. The molecule has 19 heavy (non-hydrogen) atoms. The molecule has 0 saturated heterocycles. The van der Waals surface area contributed by atoms with Gasteiger partial charge in [-0.3, -0.25) is 0 Å². The summed E-state index contributed by atoms with van der Waals surface area (Å²) in [5.41, 5.74) is 0. The van der Waals surface area contributed by atoms with E-state index in [1.54, 1.807) is 13.0 Å². The van der Waals surface area contributed by atoms with Crippen molar-refractivity contribution < 1.29 is 18.7 Å². The van der Waals surface area contributed by atoms with Gasteiger partial charge < -0.3 is 13.9 Å². The quantitative estimate of drug-likeness (QED) is 0.591. The Bertz CT molecular complexity index is 574. The van der Waals surface area contributed by atoms with Crippen molar-refractivity contribution in [2.45, 2.75) is 17.3 Å². The van der Waals surface area contributed by atoms with Gasteiger partial charge in [0, 0.05) is 24.0 Å². The molecule has 100 valence electrons. The highest BCUT2D eigenvalue weighted by Crippen LogP contribution is 2.24. The molecule has 2 aromatic heterocycles. The van der Waals surface area contributed by atoms with Crippen LogP contribution in [0.25, 0.3) is 0 Å². The van der Waals surface area contributed by atoms with Gasteiger partial charge in [0.2, 0.25) is 5.88 Å². The first-order valence-corrected chi connectivity index (χ1v) is 6.10. The third kappa shape index (κ3) is 3.41. The number of methoxy groups -OCH3 is 1. The number of hydrogen-bond acceptors (Lipinski definition) is 9. The van der Waals surface area contributed by atoms with Gasteiger partial charge in [-0.2, -0.15) is 4.98 Å². The van der Waals surface area contributed by atoms with Gasteiger partial charge in [-0.15, -0.1) is 5.10 Å². The molecule has 0 aliphatic carbocycles. The summed E-state index contributed by atoms with van der Waals surface area (Å²) in [5.74, 6) is -0.441. The summed E-state index contributed by atoms with van der Waals surface area (Å²) in [6.07, 6.45) is 1.54. The molecule has 0 aliphatic rings. The molecule has 0 bridgehead atoms. The largest absolute Gasteiger partial charge is 0.481 e. The Morgan fingerprint density at radius 2 is 2.32 bits per heavy atom. The normalized spacial score (nSPS) is 10.2. The van der Waals surface area contributed by atoms with Crippen molar-refractivity contribution in [2.75, 3.05) is 13.7 Å². The molecule has 0 aliphatic heterocycles. The van der Waals surface area contributed by atoms with Gasteiger partial charge in [0.1, 0.15) is 0 Å². The molecule has 2 heterocycles. The van der Waals surface area contributed by atoms with E-state index >= 15 is 0 Å². The van der Waals surface area contributed by atoms with Crippen LogP contribution in [-0.4, -0.2) is 39.9 Å². The zero-order chi connectivity index (χ0) is 13.7. The summed E-state index contributed by atoms with van der Waals surface area (Å²) in [6, 6.07) is 1.61. The van der Waals surface area contributed by atoms with Gasteiger partial charge in [0.05, 0.1) is 13.7 Å². The van der Waals surface area contributed by atoms with Gasteiger partial charge in [0.15, 0.2) is 5.16 Å². The number of nitrogens with zero attached hydrogens (tertiary/aromatic N) is 4. The number of ether oxygens (including phenoxy) is 2. The maximum atomic E-state index is 11.3. The average molecular weight is 282 g/mol. The maximum Gasteiger partial charge on any atom is 0.396 e.